The summed E-state index contributed by atoms with van der Waals surface area (Å²) in [5.74, 6) is 0.292. The zero-order valence-electron chi connectivity index (χ0n) is 9.12. The summed E-state index contributed by atoms with van der Waals surface area (Å²) in [6.45, 7) is 0. The number of hydrogen-bond acceptors (Lipinski definition) is 2. The van der Waals surface area contributed by atoms with E-state index >= 15 is 0 Å². The molecule has 17 heavy (non-hydrogen) atoms. The molecule has 2 unspecified atom stereocenters. The summed E-state index contributed by atoms with van der Waals surface area (Å²) in [5, 5.41) is 11.9. The molecule has 2 bridgehead atoms. The lowest BCUT2D eigenvalue weighted by Gasteiger charge is -2.22. The average Bonchev–Trinajstić information content (AvgIpc) is 2.89. The van der Waals surface area contributed by atoms with E-state index in [9.17, 15) is 10.1 Å². The molecule has 0 amide bonds. The molecule has 2 aliphatic rings. The van der Waals surface area contributed by atoms with Crippen molar-refractivity contribution in [2.45, 2.75) is 18.4 Å². The van der Waals surface area contributed by atoms with Crippen LogP contribution in [0.15, 0.2) is 36.4 Å². The fourth-order valence-corrected chi connectivity index (χ4v) is 3.51. The Morgan fingerprint density at radius 1 is 1.24 bits per heavy atom. The van der Waals surface area contributed by atoms with Gasteiger partial charge >= 0.3 is 0 Å². The first kappa shape index (κ1) is 10.8. The van der Waals surface area contributed by atoms with Gasteiger partial charge in [-0.2, -0.15) is 0 Å². The number of hydrogen-bond donors (Lipinski definition) is 0. The van der Waals surface area contributed by atoms with E-state index in [0.29, 0.717) is 5.02 Å². The molecule has 88 valence electrons. The van der Waals surface area contributed by atoms with Crippen LogP contribution in [0.25, 0.3) is 0 Å². The van der Waals surface area contributed by atoms with E-state index in [1.807, 2.05) is 30.3 Å². The molecule has 0 heterocycles. The van der Waals surface area contributed by atoms with E-state index in [2.05, 4.69) is 6.08 Å². The van der Waals surface area contributed by atoms with Crippen molar-refractivity contribution in [1.82, 2.24) is 0 Å². The Morgan fingerprint density at radius 3 is 2.65 bits per heavy atom. The number of benzene rings is 1. The van der Waals surface area contributed by atoms with E-state index in [4.69, 9.17) is 11.6 Å². The summed E-state index contributed by atoms with van der Waals surface area (Å²) in [6, 6.07) is 6.97. The molecule has 0 saturated heterocycles. The quantitative estimate of drug-likeness (QED) is 0.459. The molecule has 1 fully saturated rings. The predicted molar refractivity (Wildman–Crippen MR) is 65.7 cm³/mol. The van der Waals surface area contributed by atoms with Gasteiger partial charge in [-0.25, -0.2) is 0 Å². The Labute approximate surface area is 104 Å². The van der Waals surface area contributed by atoms with Gasteiger partial charge in [-0.1, -0.05) is 42.0 Å². The van der Waals surface area contributed by atoms with Crippen LogP contribution in [0.3, 0.4) is 0 Å². The van der Waals surface area contributed by atoms with Gasteiger partial charge in [0.25, 0.3) is 0 Å². The summed E-state index contributed by atoms with van der Waals surface area (Å²) < 4.78 is 0. The van der Waals surface area contributed by atoms with Gasteiger partial charge in [0.2, 0.25) is 6.04 Å². The Bertz CT molecular complexity index is 500. The van der Waals surface area contributed by atoms with Gasteiger partial charge in [0.05, 0.1) is 5.92 Å². The monoisotopic (exact) mass is 249 g/mol. The third-order valence-corrected chi connectivity index (χ3v) is 4.27. The van der Waals surface area contributed by atoms with Crippen LogP contribution in [0.1, 0.15) is 17.9 Å². The first-order chi connectivity index (χ1) is 8.18. The lowest BCUT2D eigenvalue weighted by Crippen LogP contribution is -2.31. The van der Waals surface area contributed by atoms with Crippen LogP contribution in [0.4, 0.5) is 0 Å². The van der Waals surface area contributed by atoms with E-state index < -0.39 is 6.04 Å². The third kappa shape index (κ3) is 1.57. The molecule has 0 N–H and O–H groups in total. The number of allylic oxidation sites excluding steroid dienone is 1. The number of fused-ring (bicyclic) bond motifs is 2. The SMILES string of the molecule is O=[N+]([O-])[C@@H]1C2C=CC(C2)[C@H]1c1ccccc1Cl. The molecule has 3 rings (SSSR count). The fraction of sp³-hybridized carbons (Fsp3) is 0.385. The largest absolute Gasteiger partial charge is 0.264 e. The molecule has 3 nitrogen and oxygen atoms in total. The highest BCUT2D eigenvalue weighted by Gasteiger charge is 2.52. The second-order valence-electron chi connectivity index (χ2n) is 4.77. The standard InChI is InChI=1S/C13H12ClNO2/c14-11-4-2-1-3-10(11)12-8-5-6-9(7-8)13(12)15(16)17/h1-6,8-9,12-13H,7H2/t8?,9?,12-,13+/m0/s1. The molecular formula is C13H12ClNO2. The van der Waals surface area contributed by atoms with E-state index in [1.165, 1.54) is 0 Å². The highest BCUT2D eigenvalue weighted by Crippen LogP contribution is 2.51. The Morgan fingerprint density at radius 2 is 1.94 bits per heavy atom. The lowest BCUT2D eigenvalue weighted by molar-refractivity contribution is -0.530. The molecule has 1 aromatic carbocycles. The van der Waals surface area contributed by atoms with Crippen molar-refractivity contribution in [1.29, 1.82) is 0 Å². The molecule has 0 radical (unpaired) electrons. The van der Waals surface area contributed by atoms with Crippen molar-refractivity contribution in [3.8, 4) is 0 Å². The first-order valence-electron chi connectivity index (χ1n) is 5.74. The predicted octanol–water partition coefficient (Wildman–Crippen LogP) is 3.27. The second kappa shape index (κ2) is 3.84. The summed E-state index contributed by atoms with van der Waals surface area (Å²) in [6.07, 6.45) is 4.99. The van der Waals surface area contributed by atoms with Gasteiger partial charge in [-0.05, 0) is 24.0 Å². The van der Waals surface area contributed by atoms with Gasteiger partial charge in [0.1, 0.15) is 0 Å². The van der Waals surface area contributed by atoms with Crippen LogP contribution in [-0.2, 0) is 0 Å². The summed E-state index contributed by atoms with van der Waals surface area (Å²) in [7, 11) is 0. The number of rotatable bonds is 2. The molecule has 0 aliphatic heterocycles. The molecule has 0 aromatic heterocycles. The third-order valence-electron chi connectivity index (χ3n) is 3.93. The maximum absolute atomic E-state index is 11.2. The van der Waals surface area contributed by atoms with Crippen molar-refractivity contribution in [2.75, 3.05) is 0 Å². The van der Waals surface area contributed by atoms with Crippen LogP contribution in [0.5, 0.6) is 0 Å². The zero-order chi connectivity index (χ0) is 12.0. The fourth-order valence-electron chi connectivity index (χ4n) is 3.24. The van der Waals surface area contributed by atoms with Crippen molar-refractivity contribution in [2.24, 2.45) is 11.8 Å². The molecule has 2 aliphatic carbocycles. The minimum absolute atomic E-state index is 0.0614. The van der Waals surface area contributed by atoms with Gasteiger partial charge in [-0.15, -0.1) is 0 Å². The van der Waals surface area contributed by atoms with Gasteiger partial charge in [0.15, 0.2) is 0 Å². The van der Waals surface area contributed by atoms with Crippen LogP contribution < -0.4 is 0 Å². The molecule has 4 atom stereocenters. The Hall–Kier alpha value is -1.35. The van der Waals surface area contributed by atoms with E-state index in [0.717, 1.165) is 12.0 Å². The maximum atomic E-state index is 11.2. The second-order valence-corrected chi connectivity index (χ2v) is 5.18. The minimum atomic E-state index is -0.509. The minimum Gasteiger partial charge on any atom is -0.264 e. The number of nitrogens with zero attached hydrogens (tertiary/aromatic N) is 1. The zero-order valence-corrected chi connectivity index (χ0v) is 9.88. The van der Waals surface area contributed by atoms with Crippen molar-refractivity contribution in [3.05, 3.63) is 57.1 Å². The molecule has 4 heteroatoms. The van der Waals surface area contributed by atoms with E-state index in [-0.39, 0.29) is 22.7 Å². The van der Waals surface area contributed by atoms with Crippen molar-refractivity contribution in [3.63, 3.8) is 0 Å². The van der Waals surface area contributed by atoms with Crippen LogP contribution in [-0.4, -0.2) is 11.0 Å². The molecule has 1 aromatic rings. The van der Waals surface area contributed by atoms with Gasteiger partial charge in [-0.3, -0.25) is 10.1 Å². The normalized spacial score (nSPS) is 34.2. The molecule has 1 saturated carbocycles. The number of nitro groups is 1. The summed E-state index contributed by atoms with van der Waals surface area (Å²) in [4.78, 5) is 11.1. The van der Waals surface area contributed by atoms with Crippen LogP contribution >= 0.6 is 11.6 Å². The summed E-state index contributed by atoms with van der Waals surface area (Å²) in [5.41, 5.74) is 0.924. The highest BCUT2D eigenvalue weighted by atomic mass is 35.5. The summed E-state index contributed by atoms with van der Waals surface area (Å²) >= 11 is 6.16. The lowest BCUT2D eigenvalue weighted by atomic mass is 9.83. The van der Waals surface area contributed by atoms with Crippen LogP contribution in [0.2, 0.25) is 5.02 Å². The number of halogens is 1. The molecular weight excluding hydrogens is 238 g/mol. The topological polar surface area (TPSA) is 43.1 Å². The van der Waals surface area contributed by atoms with Gasteiger partial charge < -0.3 is 0 Å². The highest BCUT2D eigenvalue weighted by molar-refractivity contribution is 6.31. The average molecular weight is 250 g/mol. The Kier molecular flexibility index (Phi) is 2.44. The Balaban J connectivity index is 2.05. The smallest absolute Gasteiger partial charge is 0.226 e. The molecule has 0 spiro atoms. The van der Waals surface area contributed by atoms with Crippen molar-refractivity contribution < 1.29 is 4.92 Å². The maximum Gasteiger partial charge on any atom is 0.226 e. The van der Waals surface area contributed by atoms with Crippen molar-refractivity contribution >= 4 is 11.6 Å². The van der Waals surface area contributed by atoms with Gasteiger partial charge in [0, 0.05) is 15.9 Å². The van der Waals surface area contributed by atoms with E-state index in [1.54, 1.807) is 0 Å². The first-order valence-corrected chi connectivity index (χ1v) is 6.12. The van der Waals surface area contributed by atoms with Crippen LogP contribution in [0, 0.1) is 22.0 Å².